The molecule has 2 heterocycles. The summed E-state index contributed by atoms with van der Waals surface area (Å²) in [6, 6.07) is 0. The second kappa shape index (κ2) is 8.40. The Kier molecular flexibility index (Phi) is 6.77. The van der Waals surface area contributed by atoms with Crippen LogP contribution in [0.3, 0.4) is 0 Å². The van der Waals surface area contributed by atoms with E-state index in [1.807, 2.05) is 0 Å². The Hall–Kier alpha value is -0.990. The van der Waals surface area contributed by atoms with Crippen LogP contribution in [0.25, 0.3) is 0 Å². The summed E-state index contributed by atoms with van der Waals surface area (Å²) >= 11 is 0. The number of hydrogen-bond acceptors (Lipinski definition) is 6. The molecule has 1 atom stereocenters. The van der Waals surface area contributed by atoms with E-state index in [0.29, 0.717) is 12.3 Å². The van der Waals surface area contributed by atoms with Crippen molar-refractivity contribution in [1.29, 1.82) is 0 Å². The van der Waals surface area contributed by atoms with Gasteiger partial charge in [-0.3, -0.25) is 0 Å². The molecule has 1 aliphatic rings. The number of nitrogens with zero attached hydrogens (tertiary/aromatic N) is 4. The number of likely N-dealkylation sites (tertiary alicyclic amines) is 1. The third-order valence-electron chi connectivity index (χ3n) is 4.36. The molecule has 7 nitrogen and oxygen atoms in total. The molecule has 138 valence electrons. The lowest BCUT2D eigenvalue weighted by molar-refractivity contribution is 0.187. The zero-order valence-electron chi connectivity index (χ0n) is 15.2. The summed E-state index contributed by atoms with van der Waals surface area (Å²) in [5.41, 5.74) is 0. The van der Waals surface area contributed by atoms with E-state index < -0.39 is 10.0 Å². The first-order valence-corrected chi connectivity index (χ1v) is 10.3. The van der Waals surface area contributed by atoms with Gasteiger partial charge < -0.3 is 9.42 Å². The van der Waals surface area contributed by atoms with Crippen molar-refractivity contribution in [3.05, 3.63) is 11.7 Å². The van der Waals surface area contributed by atoms with E-state index in [9.17, 15) is 8.42 Å². The highest BCUT2D eigenvalue weighted by atomic mass is 32.2. The molecule has 24 heavy (non-hydrogen) atoms. The topological polar surface area (TPSA) is 79.5 Å². The third kappa shape index (κ3) is 5.53. The zero-order chi connectivity index (χ0) is 17.7. The van der Waals surface area contributed by atoms with Crippen LogP contribution in [0.1, 0.15) is 50.7 Å². The van der Waals surface area contributed by atoms with Crippen molar-refractivity contribution < 1.29 is 12.9 Å². The predicted octanol–water partition coefficient (Wildman–Crippen LogP) is 1.73. The lowest BCUT2D eigenvalue weighted by Gasteiger charge is -2.30. The number of rotatable bonds is 8. The monoisotopic (exact) mass is 358 g/mol. The summed E-state index contributed by atoms with van der Waals surface area (Å²) in [5, 5.41) is 4.08. The summed E-state index contributed by atoms with van der Waals surface area (Å²) in [7, 11) is 0.0527. The molecule has 0 N–H and O–H groups in total. The molecular formula is C16H30N4O3S. The van der Waals surface area contributed by atoms with Gasteiger partial charge in [-0.15, -0.1) is 0 Å². The fourth-order valence-corrected chi connectivity index (χ4v) is 3.85. The second-order valence-corrected chi connectivity index (χ2v) is 9.54. The van der Waals surface area contributed by atoms with Crippen LogP contribution in [0.5, 0.6) is 0 Å². The van der Waals surface area contributed by atoms with Gasteiger partial charge >= 0.3 is 0 Å². The van der Waals surface area contributed by atoms with Crippen LogP contribution in [0, 0.1) is 5.92 Å². The van der Waals surface area contributed by atoms with Gasteiger partial charge in [0.1, 0.15) is 0 Å². The summed E-state index contributed by atoms with van der Waals surface area (Å²) < 4.78 is 30.4. The number of hydrogen-bond donors (Lipinski definition) is 0. The Bertz CT molecular complexity index is 613. The molecule has 0 aromatic carbocycles. The van der Waals surface area contributed by atoms with E-state index in [2.05, 4.69) is 28.9 Å². The van der Waals surface area contributed by atoms with Crippen molar-refractivity contribution >= 4 is 10.0 Å². The summed E-state index contributed by atoms with van der Waals surface area (Å²) in [6.45, 7) is 6.94. The first kappa shape index (κ1) is 19.3. The largest absolute Gasteiger partial charge is 0.339 e. The molecule has 0 aliphatic carbocycles. The van der Waals surface area contributed by atoms with Gasteiger partial charge in [0.05, 0.1) is 11.7 Å². The fourth-order valence-electron chi connectivity index (χ4n) is 2.99. The van der Waals surface area contributed by atoms with Crippen LogP contribution < -0.4 is 0 Å². The summed E-state index contributed by atoms with van der Waals surface area (Å²) in [5.74, 6) is 2.49. The molecule has 1 fully saturated rings. The molecule has 1 unspecified atom stereocenters. The number of aromatic nitrogens is 2. The van der Waals surface area contributed by atoms with Crippen LogP contribution in [-0.2, 0) is 16.4 Å². The van der Waals surface area contributed by atoms with E-state index in [0.717, 1.165) is 50.6 Å². The van der Waals surface area contributed by atoms with E-state index in [-0.39, 0.29) is 11.7 Å². The molecule has 1 aromatic rings. The Balaban J connectivity index is 1.84. The lowest BCUT2D eigenvalue weighted by atomic mass is 9.98. The van der Waals surface area contributed by atoms with Gasteiger partial charge in [0, 0.05) is 27.1 Å². The zero-order valence-corrected chi connectivity index (χ0v) is 16.0. The molecule has 1 saturated heterocycles. The van der Waals surface area contributed by atoms with E-state index >= 15 is 0 Å². The molecular weight excluding hydrogens is 328 g/mol. The molecule has 0 radical (unpaired) electrons. The molecule has 1 aliphatic heterocycles. The molecule has 1 aromatic heterocycles. The summed E-state index contributed by atoms with van der Waals surface area (Å²) in [4.78, 5) is 6.86. The normalized spacial score (nSPS) is 20.2. The SMILES string of the molecule is CC(C)Cc1noc(C2CCCN(CCCS(=O)(=O)N(C)C)C2)n1. The maximum Gasteiger partial charge on any atom is 0.231 e. The highest BCUT2D eigenvalue weighted by Crippen LogP contribution is 2.26. The smallest absolute Gasteiger partial charge is 0.231 e. The average Bonchev–Trinajstić information content (AvgIpc) is 2.95. The van der Waals surface area contributed by atoms with Gasteiger partial charge in [0.2, 0.25) is 15.9 Å². The first-order chi connectivity index (χ1) is 11.3. The van der Waals surface area contributed by atoms with Crippen LogP contribution >= 0.6 is 0 Å². The molecule has 8 heteroatoms. The van der Waals surface area contributed by atoms with E-state index in [1.165, 1.54) is 4.31 Å². The molecule has 0 saturated carbocycles. The third-order valence-corrected chi connectivity index (χ3v) is 6.28. The molecule has 0 bridgehead atoms. The van der Waals surface area contributed by atoms with E-state index in [1.54, 1.807) is 14.1 Å². The Morgan fingerprint density at radius 1 is 1.38 bits per heavy atom. The number of sulfonamides is 1. The fraction of sp³-hybridized carbons (Fsp3) is 0.875. The van der Waals surface area contributed by atoms with Crippen LogP contribution in [0.15, 0.2) is 4.52 Å². The summed E-state index contributed by atoms with van der Waals surface area (Å²) in [6.07, 6.45) is 3.61. The van der Waals surface area contributed by atoms with Crippen molar-refractivity contribution in [2.75, 3.05) is 39.5 Å². The number of piperidine rings is 1. The standard InChI is InChI=1S/C16H30N4O3S/c1-13(2)11-15-17-16(23-18-15)14-7-5-8-20(12-14)9-6-10-24(21,22)19(3)4/h13-14H,5-12H2,1-4H3. The average molecular weight is 359 g/mol. The lowest BCUT2D eigenvalue weighted by Crippen LogP contribution is -2.36. The highest BCUT2D eigenvalue weighted by Gasteiger charge is 2.26. The minimum absolute atomic E-state index is 0.195. The van der Waals surface area contributed by atoms with Gasteiger partial charge in [-0.1, -0.05) is 19.0 Å². The van der Waals surface area contributed by atoms with Gasteiger partial charge in [-0.2, -0.15) is 4.98 Å². The second-order valence-electron chi connectivity index (χ2n) is 7.24. The minimum atomic E-state index is -3.11. The Morgan fingerprint density at radius 3 is 2.79 bits per heavy atom. The van der Waals surface area contributed by atoms with Crippen molar-refractivity contribution in [3.63, 3.8) is 0 Å². The molecule has 2 rings (SSSR count). The van der Waals surface area contributed by atoms with Crippen molar-refractivity contribution in [2.45, 2.75) is 45.4 Å². The highest BCUT2D eigenvalue weighted by molar-refractivity contribution is 7.89. The van der Waals surface area contributed by atoms with Gasteiger partial charge in [-0.25, -0.2) is 12.7 Å². The van der Waals surface area contributed by atoms with E-state index in [4.69, 9.17) is 4.52 Å². The van der Waals surface area contributed by atoms with Crippen LogP contribution in [0.2, 0.25) is 0 Å². The van der Waals surface area contributed by atoms with Crippen LogP contribution in [-0.4, -0.2) is 67.2 Å². The van der Waals surface area contributed by atoms with Gasteiger partial charge in [-0.05, 0) is 38.3 Å². The van der Waals surface area contributed by atoms with Crippen molar-refractivity contribution in [2.24, 2.45) is 5.92 Å². The van der Waals surface area contributed by atoms with Crippen molar-refractivity contribution in [1.82, 2.24) is 19.3 Å². The maximum absolute atomic E-state index is 11.8. The molecule has 0 spiro atoms. The Morgan fingerprint density at radius 2 is 2.12 bits per heavy atom. The van der Waals surface area contributed by atoms with Gasteiger partial charge in [0.25, 0.3) is 0 Å². The van der Waals surface area contributed by atoms with Gasteiger partial charge in [0.15, 0.2) is 5.82 Å². The minimum Gasteiger partial charge on any atom is -0.339 e. The van der Waals surface area contributed by atoms with Crippen molar-refractivity contribution in [3.8, 4) is 0 Å². The van der Waals surface area contributed by atoms with Crippen LogP contribution in [0.4, 0.5) is 0 Å². The maximum atomic E-state index is 11.8. The first-order valence-electron chi connectivity index (χ1n) is 8.73. The predicted molar refractivity (Wildman–Crippen MR) is 93.3 cm³/mol. The molecule has 0 amide bonds. The quantitative estimate of drug-likeness (QED) is 0.704. The Labute approximate surface area is 145 Å².